The molecule has 5 nitrogen and oxygen atoms in total. The SMILES string of the molecule is NC(=O)NCOCO. The predicted molar refractivity (Wildman–Crippen MR) is 25.8 cm³/mol. The molecule has 0 aliphatic carbocycles. The van der Waals surface area contributed by atoms with Crippen LogP contribution >= 0.6 is 0 Å². The fourth-order valence-corrected chi connectivity index (χ4v) is 0.168. The number of nitrogens with two attached hydrogens (primary N) is 1. The van der Waals surface area contributed by atoms with Crippen LogP contribution in [0.3, 0.4) is 0 Å². The lowest BCUT2D eigenvalue weighted by atomic mass is 11.0. The molecule has 0 atom stereocenters. The molecule has 0 heterocycles. The molecular weight excluding hydrogens is 112 g/mol. The van der Waals surface area contributed by atoms with Gasteiger partial charge in [0.15, 0.2) is 0 Å². The minimum absolute atomic E-state index is 0.0498. The molecule has 0 aliphatic heterocycles. The Morgan fingerprint density at radius 1 is 1.88 bits per heavy atom. The van der Waals surface area contributed by atoms with E-state index >= 15 is 0 Å². The molecule has 0 fully saturated rings. The lowest BCUT2D eigenvalue weighted by molar-refractivity contribution is -0.00582. The van der Waals surface area contributed by atoms with Crippen LogP contribution in [0, 0.1) is 0 Å². The lowest BCUT2D eigenvalue weighted by Gasteiger charge is -1.97. The number of urea groups is 1. The number of hydrogen-bond donors (Lipinski definition) is 3. The molecule has 0 aromatic rings. The van der Waals surface area contributed by atoms with Gasteiger partial charge in [-0.15, -0.1) is 0 Å². The van der Waals surface area contributed by atoms with Gasteiger partial charge >= 0.3 is 6.03 Å². The van der Waals surface area contributed by atoms with E-state index in [9.17, 15) is 4.79 Å². The van der Waals surface area contributed by atoms with Crippen LogP contribution in [0.15, 0.2) is 0 Å². The van der Waals surface area contributed by atoms with Gasteiger partial charge in [0.25, 0.3) is 0 Å². The van der Waals surface area contributed by atoms with Gasteiger partial charge in [-0.25, -0.2) is 4.79 Å². The van der Waals surface area contributed by atoms with Gasteiger partial charge in [-0.2, -0.15) is 0 Å². The number of hydrogen-bond acceptors (Lipinski definition) is 3. The van der Waals surface area contributed by atoms with Crippen molar-refractivity contribution in [3.63, 3.8) is 0 Å². The average molecular weight is 120 g/mol. The van der Waals surface area contributed by atoms with Crippen molar-refractivity contribution in [3.8, 4) is 0 Å². The highest BCUT2D eigenvalue weighted by molar-refractivity contribution is 5.71. The average Bonchev–Trinajstić information content (AvgIpc) is 1.66. The van der Waals surface area contributed by atoms with E-state index in [0.717, 1.165) is 0 Å². The van der Waals surface area contributed by atoms with E-state index in [0.29, 0.717) is 0 Å². The smallest absolute Gasteiger partial charge is 0.313 e. The first-order valence-electron chi connectivity index (χ1n) is 1.99. The first kappa shape index (κ1) is 7.19. The number of nitrogens with one attached hydrogen (secondary N) is 1. The first-order valence-corrected chi connectivity index (χ1v) is 1.99. The van der Waals surface area contributed by atoms with Crippen LogP contribution in [0.2, 0.25) is 0 Å². The van der Waals surface area contributed by atoms with Crippen molar-refractivity contribution in [2.45, 2.75) is 0 Å². The molecule has 0 radical (unpaired) electrons. The van der Waals surface area contributed by atoms with Gasteiger partial charge in [-0.3, -0.25) is 0 Å². The van der Waals surface area contributed by atoms with E-state index in [4.69, 9.17) is 5.11 Å². The van der Waals surface area contributed by atoms with Crippen LogP contribution in [0.1, 0.15) is 0 Å². The number of ether oxygens (including phenoxy) is 1. The van der Waals surface area contributed by atoms with Gasteiger partial charge in [0.1, 0.15) is 13.5 Å². The molecule has 0 saturated carbocycles. The Morgan fingerprint density at radius 3 is 2.88 bits per heavy atom. The second-order valence-corrected chi connectivity index (χ2v) is 1.02. The summed E-state index contributed by atoms with van der Waals surface area (Å²) in [5.74, 6) is 0. The van der Waals surface area contributed by atoms with E-state index in [1.807, 2.05) is 0 Å². The van der Waals surface area contributed by atoms with E-state index in [2.05, 4.69) is 15.8 Å². The summed E-state index contributed by atoms with van der Waals surface area (Å²) >= 11 is 0. The zero-order chi connectivity index (χ0) is 6.41. The third-order valence-electron chi connectivity index (χ3n) is 0.440. The second kappa shape index (κ2) is 4.35. The first-order chi connectivity index (χ1) is 3.77. The van der Waals surface area contributed by atoms with Crippen molar-refractivity contribution in [2.75, 3.05) is 13.5 Å². The highest BCUT2D eigenvalue weighted by atomic mass is 16.6. The molecule has 0 rings (SSSR count). The largest absolute Gasteiger partial charge is 0.371 e. The summed E-state index contributed by atoms with van der Waals surface area (Å²) < 4.78 is 4.29. The van der Waals surface area contributed by atoms with Crippen LogP contribution in [-0.4, -0.2) is 24.7 Å². The molecular formula is C3H8N2O3. The van der Waals surface area contributed by atoms with E-state index < -0.39 is 12.8 Å². The Labute approximate surface area is 46.4 Å². The van der Waals surface area contributed by atoms with Crippen molar-refractivity contribution >= 4 is 6.03 Å². The number of amides is 2. The second-order valence-electron chi connectivity index (χ2n) is 1.02. The van der Waals surface area contributed by atoms with E-state index in [1.54, 1.807) is 0 Å². The van der Waals surface area contributed by atoms with Crippen LogP contribution in [0.25, 0.3) is 0 Å². The van der Waals surface area contributed by atoms with Crippen molar-refractivity contribution in [1.29, 1.82) is 0 Å². The maximum Gasteiger partial charge on any atom is 0.313 e. The molecule has 5 heteroatoms. The summed E-state index contributed by atoms with van der Waals surface area (Å²) in [6.45, 7) is -0.466. The summed E-state index contributed by atoms with van der Waals surface area (Å²) in [5, 5.41) is 10.1. The molecule has 0 bridgehead atoms. The molecule has 4 N–H and O–H groups in total. The van der Waals surface area contributed by atoms with Gasteiger partial charge in [0, 0.05) is 0 Å². The molecule has 0 aromatic heterocycles. The Kier molecular flexibility index (Phi) is 3.91. The van der Waals surface area contributed by atoms with Gasteiger partial charge in [-0.05, 0) is 0 Å². The highest BCUT2D eigenvalue weighted by Crippen LogP contribution is 1.62. The zero-order valence-electron chi connectivity index (χ0n) is 4.26. The topological polar surface area (TPSA) is 84.6 Å². The molecule has 0 spiro atoms. The minimum Gasteiger partial charge on any atom is -0.371 e. The molecule has 0 aromatic carbocycles. The van der Waals surface area contributed by atoms with Crippen molar-refractivity contribution < 1.29 is 14.6 Å². The molecule has 2 amide bonds. The molecule has 0 unspecified atom stereocenters. The maximum atomic E-state index is 9.82. The Balaban J connectivity index is 2.82. The summed E-state index contributed by atoms with van der Waals surface area (Å²) in [6, 6.07) is -0.668. The summed E-state index contributed by atoms with van der Waals surface area (Å²) in [7, 11) is 0. The van der Waals surface area contributed by atoms with E-state index in [1.165, 1.54) is 0 Å². The Bertz CT molecular complexity index is 74.9. The number of aliphatic hydroxyl groups is 1. The van der Waals surface area contributed by atoms with Crippen LogP contribution in [0.5, 0.6) is 0 Å². The zero-order valence-corrected chi connectivity index (χ0v) is 4.26. The van der Waals surface area contributed by atoms with Crippen LogP contribution in [-0.2, 0) is 4.74 Å². The van der Waals surface area contributed by atoms with Gasteiger partial charge in [0.05, 0.1) is 0 Å². The molecule has 48 valence electrons. The summed E-state index contributed by atoms with van der Waals surface area (Å²) in [5.41, 5.74) is 4.62. The molecule has 8 heavy (non-hydrogen) atoms. The minimum atomic E-state index is -0.668. The molecule has 0 saturated heterocycles. The number of carbonyl (C=O) groups is 1. The van der Waals surface area contributed by atoms with Gasteiger partial charge in [0.2, 0.25) is 0 Å². The highest BCUT2D eigenvalue weighted by Gasteiger charge is 1.86. The molecule has 0 aliphatic rings. The Hall–Kier alpha value is -0.810. The monoisotopic (exact) mass is 120 g/mol. The van der Waals surface area contributed by atoms with Gasteiger partial charge < -0.3 is 20.9 Å². The van der Waals surface area contributed by atoms with E-state index in [-0.39, 0.29) is 6.73 Å². The fraction of sp³-hybridized carbons (Fsp3) is 0.667. The number of carbonyl (C=O) groups excluding carboxylic acids is 1. The number of aliphatic hydroxyl groups excluding tert-OH is 1. The predicted octanol–water partition coefficient (Wildman–Crippen LogP) is -1.42. The van der Waals surface area contributed by atoms with Crippen molar-refractivity contribution in [3.05, 3.63) is 0 Å². The van der Waals surface area contributed by atoms with Crippen molar-refractivity contribution in [1.82, 2.24) is 5.32 Å². The third-order valence-corrected chi connectivity index (χ3v) is 0.440. The van der Waals surface area contributed by atoms with Crippen LogP contribution in [0.4, 0.5) is 4.79 Å². The maximum absolute atomic E-state index is 9.82. The van der Waals surface area contributed by atoms with Crippen LogP contribution < -0.4 is 11.1 Å². The van der Waals surface area contributed by atoms with Gasteiger partial charge in [-0.1, -0.05) is 0 Å². The summed E-state index contributed by atoms with van der Waals surface area (Å²) in [4.78, 5) is 9.82. The Morgan fingerprint density at radius 2 is 2.50 bits per heavy atom. The number of primary amides is 1. The number of rotatable bonds is 3. The normalized spacial score (nSPS) is 8.62. The third kappa shape index (κ3) is 5.19. The summed E-state index contributed by atoms with van der Waals surface area (Å²) in [6.07, 6.45) is 0. The van der Waals surface area contributed by atoms with Crippen molar-refractivity contribution in [2.24, 2.45) is 5.73 Å². The lowest BCUT2D eigenvalue weighted by Crippen LogP contribution is -2.31. The standard InChI is InChI=1S/C3H8N2O3/c4-3(7)5-1-8-2-6/h6H,1-2H2,(H3,4,5,7). The fourth-order valence-electron chi connectivity index (χ4n) is 0.168. The quantitative estimate of drug-likeness (QED) is 0.315.